The maximum Gasteiger partial charge on any atom is 0.217 e. The smallest absolute Gasteiger partial charge is 0.217 e. The highest BCUT2D eigenvalue weighted by molar-refractivity contribution is 5.73. The molecule has 4 saturated heterocycles. The Balaban J connectivity index is 1.76. The largest absolute Gasteiger partial charge is 0.394 e. The van der Waals surface area contributed by atoms with E-state index in [0.29, 0.717) is 0 Å². The van der Waals surface area contributed by atoms with Gasteiger partial charge in [-0.3, -0.25) is 9.59 Å². The van der Waals surface area contributed by atoms with E-state index in [9.17, 15) is 60.7 Å². The number of hydrogen-bond acceptors (Lipinski definition) is 19. The number of rotatable bonds is 11. The third-order valence-corrected chi connectivity index (χ3v) is 9.24. The molecule has 4 heterocycles. The van der Waals surface area contributed by atoms with Crippen LogP contribution in [0.1, 0.15) is 27.7 Å². The van der Waals surface area contributed by atoms with Gasteiger partial charge in [-0.2, -0.15) is 0 Å². The van der Waals surface area contributed by atoms with Crippen molar-refractivity contribution < 1.29 is 93.8 Å². The van der Waals surface area contributed by atoms with Crippen LogP contribution in [0.5, 0.6) is 0 Å². The summed E-state index contributed by atoms with van der Waals surface area (Å²) in [6.45, 7) is 2.90. The Kier molecular flexibility index (Phi) is 14.3. The quantitative estimate of drug-likeness (QED) is 0.0939. The van der Waals surface area contributed by atoms with Gasteiger partial charge in [0, 0.05) is 13.8 Å². The van der Waals surface area contributed by atoms with E-state index >= 15 is 0 Å². The number of carbonyl (C=O) groups is 2. The molecular weight excluding hydrogens is 680 g/mol. The Hall–Kier alpha value is -1.74. The predicted molar refractivity (Wildman–Crippen MR) is 159 cm³/mol. The Morgan fingerprint density at radius 2 is 0.960 bits per heavy atom. The molecule has 0 saturated carbocycles. The van der Waals surface area contributed by atoms with E-state index in [1.807, 2.05) is 0 Å². The van der Waals surface area contributed by atoms with Crippen molar-refractivity contribution in [3.05, 3.63) is 0 Å². The zero-order valence-electron chi connectivity index (χ0n) is 27.8. The molecule has 2 amide bonds. The van der Waals surface area contributed by atoms with Gasteiger partial charge in [-0.25, -0.2) is 0 Å². The molecule has 0 radical (unpaired) electrons. The molecule has 0 bridgehead atoms. The highest BCUT2D eigenvalue weighted by Crippen LogP contribution is 2.35. The zero-order valence-corrected chi connectivity index (χ0v) is 27.8. The van der Waals surface area contributed by atoms with Gasteiger partial charge in [0.15, 0.2) is 18.9 Å². The molecule has 0 aliphatic carbocycles. The van der Waals surface area contributed by atoms with Crippen molar-refractivity contribution in [3.8, 4) is 0 Å². The van der Waals surface area contributed by atoms with Crippen LogP contribution in [-0.4, -0.2) is 205 Å². The minimum Gasteiger partial charge on any atom is -0.394 e. The SMILES string of the molecule is CC(=O)NC1[C@H](O[C@@H]2C(NC(C)=O)C(C)OC(CO)[C@@H]2O)OC(CO)[C@@H](O[C@@H]2OC(CO)[C@H](O)[C@H](O)C2O)[C@@H]1O[C@@H]1OC(C)[C@@H](O)[C@H](O)C1O. The number of aliphatic hydroxyl groups is 10. The molecule has 4 aliphatic rings. The van der Waals surface area contributed by atoms with Crippen molar-refractivity contribution in [1.29, 1.82) is 0 Å². The second kappa shape index (κ2) is 17.4. The normalized spacial score (nSPS) is 48.5. The first-order chi connectivity index (χ1) is 23.5. The van der Waals surface area contributed by atoms with Gasteiger partial charge in [0.1, 0.15) is 85.4 Å². The van der Waals surface area contributed by atoms with E-state index in [1.54, 1.807) is 6.92 Å². The number of aliphatic hydroxyl groups excluding tert-OH is 10. The molecule has 20 atom stereocenters. The molecule has 290 valence electrons. The van der Waals surface area contributed by atoms with E-state index in [0.717, 1.165) is 6.92 Å². The van der Waals surface area contributed by atoms with Crippen LogP contribution >= 0.6 is 0 Å². The van der Waals surface area contributed by atoms with Crippen molar-refractivity contribution in [3.63, 3.8) is 0 Å². The second-order valence-electron chi connectivity index (χ2n) is 12.9. The fourth-order valence-corrected chi connectivity index (χ4v) is 6.53. The van der Waals surface area contributed by atoms with Crippen LogP contribution in [0, 0.1) is 0 Å². The number of nitrogens with one attached hydrogen (secondary N) is 2. The Morgan fingerprint density at radius 3 is 1.52 bits per heavy atom. The van der Waals surface area contributed by atoms with E-state index in [2.05, 4.69) is 10.6 Å². The molecule has 4 aliphatic heterocycles. The summed E-state index contributed by atoms with van der Waals surface area (Å²) < 4.78 is 41.1. The maximum absolute atomic E-state index is 12.6. The van der Waals surface area contributed by atoms with Crippen molar-refractivity contribution in [2.75, 3.05) is 19.8 Å². The van der Waals surface area contributed by atoms with Crippen LogP contribution in [0.4, 0.5) is 0 Å². The van der Waals surface area contributed by atoms with E-state index in [1.165, 1.54) is 13.8 Å². The third-order valence-electron chi connectivity index (χ3n) is 9.24. The lowest BCUT2D eigenvalue weighted by Gasteiger charge is -2.51. The summed E-state index contributed by atoms with van der Waals surface area (Å²) in [4.78, 5) is 24.8. The van der Waals surface area contributed by atoms with Crippen LogP contribution in [0.15, 0.2) is 0 Å². The Labute approximate surface area is 286 Å². The average molecular weight is 731 g/mol. The number of ether oxygens (including phenoxy) is 7. The fourth-order valence-electron chi connectivity index (χ4n) is 6.53. The molecule has 4 rings (SSSR count). The molecule has 9 unspecified atom stereocenters. The summed E-state index contributed by atoms with van der Waals surface area (Å²) in [6, 6.07) is -2.58. The Bertz CT molecular complexity index is 1120. The molecule has 0 spiro atoms. The Morgan fingerprint density at radius 1 is 0.500 bits per heavy atom. The van der Waals surface area contributed by atoms with Crippen LogP contribution < -0.4 is 10.6 Å². The van der Waals surface area contributed by atoms with Crippen molar-refractivity contribution in [2.24, 2.45) is 0 Å². The van der Waals surface area contributed by atoms with E-state index in [4.69, 9.17) is 33.2 Å². The van der Waals surface area contributed by atoms with Gasteiger partial charge in [0.05, 0.1) is 38.1 Å². The molecule has 21 nitrogen and oxygen atoms in total. The fraction of sp³-hybridized carbons (Fsp3) is 0.931. The standard InChI is InChI=1S/C29H50N2O19/c1-8-15(30-10(3)35)25(19(39)13(6-33)44-8)49-27-16(31-11(4)36)26(50-28-22(42)20(40)17(37)9(2)45-28)24(14(7-34)47-27)48-29-23(43)21(41)18(38)12(5-32)46-29/h8-9,12-29,32-34,37-43H,5-7H2,1-4H3,(H,30,35)(H,31,36)/t8?,9?,12?,13?,14?,15?,16?,17-,18+,19+,20+,21+,22?,23?,24-,25-,26-,27+,28+,29+/m1/s1. The van der Waals surface area contributed by atoms with Crippen LogP contribution in [0.25, 0.3) is 0 Å². The number of carbonyl (C=O) groups excluding carboxylic acids is 2. The molecule has 0 aromatic heterocycles. The lowest BCUT2D eigenvalue weighted by Crippen LogP contribution is -2.71. The number of amides is 2. The van der Waals surface area contributed by atoms with Crippen LogP contribution in [0.2, 0.25) is 0 Å². The average Bonchev–Trinajstić information content (AvgIpc) is 3.07. The van der Waals surface area contributed by atoms with Crippen molar-refractivity contribution in [1.82, 2.24) is 10.6 Å². The first-order valence-corrected chi connectivity index (χ1v) is 16.3. The summed E-state index contributed by atoms with van der Waals surface area (Å²) in [6.07, 6.45) is -28.4. The predicted octanol–water partition coefficient (Wildman–Crippen LogP) is -7.36. The highest BCUT2D eigenvalue weighted by atomic mass is 16.8. The second-order valence-corrected chi connectivity index (χ2v) is 12.9. The monoisotopic (exact) mass is 730 g/mol. The third kappa shape index (κ3) is 8.72. The molecule has 4 fully saturated rings. The van der Waals surface area contributed by atoms with Gasteiger partial charge in [-0.05, 0) is 13.8 Å². The van der Waals surface area contributed by atoms with Crippen molar-refractivity contribution in [2.45, 2.75) is 150 Å². The van der Waals surface area contributed by atoms with Gasteiger partial charge in [-0.15, -0.1) is 0 Å². The lowest BCUT2D eigenvalue weighted by atomic mass is 9.91. The van der Waals surface area contributed by atoms with Gasteiger partial charge in [0.25, 0.3) is 0 Å². The van der Waals surface area contributed by atoms with Gasteiger partial charge in [0.2, 0.25) is 11.8 Å². The highest BCUT2D eigenvalue weighted by Gasteiger charge is 2.56. The van der Waals surface area contributed by atoms with Gasteiger partial charge in [-0.1, -0.05) is 0 Å². The molecule has 21 heteroatoms. The molecule has 0 aromatic rings. The van der Waals surface area contributed by atoms with Gasteiger partial charge >= 0.3 is 0 Å². The molecule has 12 N–H and O–H groups in total. The first kappa shape index (κ1) is 41.0. The van der Waals surface area contributed by atoms with E-state index < -0.39 is 154 Å². The van der Waals surface area contributed by atoms with Crippen LogP contribution in [-0.2, 0) is 42.7 Å². The topological polar surface area (TPSA) is 325 Å². The summed E-state index contributed by atoms with van der Waals surface area (Å²) in [5.74, 6) is -1.24. The van der Waals surface area contributed by atoms with E-state index in [-0.39, 0.29) is 0 Å². The van der Waals surface area contributed by atoms with Gasteiger partial charge < -0.3 is 94.9 Å². The molecule has 0 aromatic carbocycles. The number of hydrogen-bond donors (Lipinski definition) is 12. The maximum atomic E-state index is 12.6. The summed E-state index contributed by atoms with van der Waals surface area (Å²) in [5, 5.41) is 109. The summed E-state index contributed by atoms with van der Waals surface area (Å²) >= 11 is 0. The summed E-state index contributed by atoms with van der Waals surface area (Å²) in [7, 11) is 0. The zero-order chi connectivity index (χ0) is 37.2. The minimum absolute atomic E-state index is 0.530. The van der Waals surface area contributed by atoms with Crippen LogP contribution in [0.3, 0.4) is 0 Å². The lowest BCUT2D eigenvalue weighted by molar-refractivity contribution is -0.379. The first-order valence-electron chi connectivity index (χ1n) is 16.3. The molecule has 50 heavy (non-hydrogen) atoms. The summed E-state index contributed by atoms with van der Waals surface area (Å²) in [5.41, 5.74) is 0. The minimum atomic E-state index is -1.94. The molecular formula is C29H50N2O19. The van der Waals surface area contributed by atoms with Crippen molar-refractivity contribution >= 4 is 11.8 Å².